The number of carbonyl (C=O) groups is 1. The number of rotatable bonds is 3. The first kappa shape index (κ1) is 15.4. The molecule has 126 valence electrons. The number of nitrogens with one attached hydrogen (secondary N) is 1. The summed E-state index contributed by atoms with van der Waals surface area (Å²) in [6.07, 6.45) is 2.55. The summed E-state index contributed by atoms with van der Waals surface area (Å²) in [4.78, 5) is 25.6. The van der Waals surface area contributed by atoms with E-state index in [9.17, 15) is 9.59 Å². The number of amides is 1. The highest BCUT2D eigenvalue weighted by molar-refractivity contribution is 6.06. The highest BCUT2D eigenvalue weighted by atomic mass is 16.5. The molecule has 1 aliphatic heterocycles. The van der Waals surface area contributed by atoms with Crippen molar-refractivity contribution in [1.29, 1.82) is 0 Å². The van der Waals surface area contributed by atoms with Gasteiger partial charge >= 0.3 is 0 Å². The Hall–Kier alpha value is -3.08. The molecule has 0 aliphatic carbocycles. The Morgan fingerprint density at radius 1 is 1.24 bits per heavy atom. The normalized spacial score (nSPS) is 12.4. The van der Waals surface area contributed by atoms with Crippen LogP contribution >= 0.6 is 0 Å². The third-order valence-corrected chi connectivity index (χ3v) is 4.65. The van der Waals surface area contributed by atoms with E-state index in [0.29, 0.717) is 16.8 Å². The zero-order valence-electron chi connectivity index (χ0n) is 14.1. The van der Waals surface area contributed by atoms with Gasteiger partial charge in [0.1, 0.15) is 11.3 Å². The van der Waals surface area contributed by atoms with E-state index >= 15 is 0 Å². The Bertz CT molecular complexity index is 1070. The van der Waals surface area contributed by atoms with Crippen molar-refractivity contribution in [2.75, 3.05) is 12.4 Å². The fourth-order valence-corrected chi connectivity index (χ4v) is 3.43. The number of aromatic nitrogens is 1. The quantitative estimate of drug-likeness (QED) is 0.800. The van der Waals surface area contributed by atoms with Gasteiger partial charge in [-0.05, 0) is 42.7 Å². The summed E-state index contributed by atoms with van der Waals surface area (Å²) in [6, 6.07) is 11.2. The van der Waals surface area contributed by atoms with Gasteiger partial charge < -0.3 is 14.6 Å². The third-order valence-electron chi connectivity index (χ3n) is 4.65. The highest BCUT2D eigenvalue weighted by Crippen LogP contribution is 2.27. The van der Waals surface area contributed by atoms with Gasteiger partial charge in [-0.15, -0.1) is 0 Å². The summed E-state index contributed by atoms with van der Waals surface area (Å²) in [6.45, 7) is 2.71. The number of aryl methyl sites for hydroxylation is 3. The number of benzene rings is 2. The molecule has 5 nitrogen and oxygen atoms in total. The van der Waals surface area contributed by atoms with E-state index in [1.54, 1.807) is 25.4 Å². The van der Waals surface area contributed by atoms with E-state index in [0.717, 1.165) is 29.6 Å². The van der Waals surface area contributed by atoms with E-state index < -0.39 is 5.91 Å². The summed E-state index contributed by atoms with van der Waals surface area (Å²) < 4.78 is 7.29. The number of para-hydroxylation sites is 1. The van der Waals surface area contributed by atoms with Gasteiger partial charge in [0.15, 0.2) is 0 Å². The molecule has 0 saturated heterocycles. The molecule has 1 N–H and O–H groups in total. The number of methoxy groups -OCH3 is 1. The second-order valence-electron chi connectivity index (χ2n) is 6.29. The predicted molar refractivity (Wildman–Crippen MR) is 97.6 cm³/mol. The number of ether oxygens (including phenoxy) is 1. The van der Waals surface area contributed by atoms with E-state index in [-0.39, 0.29) is 11.0 Å². The standard InChI is InChI=1S/C20H18N2O3/c1-12-6-7-17(25-2)16(10-12)21-20(24)15-11-22-9-8-13-4-3-5-14(18(13)22)19(15)23/h3-7,10-11H,8-9H2,1-2H3,(H,21,24). The van der Waals surface area contributed by atoms with Crippen molar-refractivity contribution in [1.82, 2.24) is 4.57 Å². The Labute approximate surface area is 144 Å². The number of carbonyl (C=O) groups excluding carboxylic acids is 1. The molecule has 0 atom stereocenters. The minimum Gasteiger partial charge on any atom is -0.495 e. The molecule has 1 aromatic heterocycles. The third kappa shape index (κ3) is 2.48. The molecule has 4 rings (SSSR count). The van der Waals surface area contributed by atoms with Crippen LogP contribution < -0.4 is 15.5 Å². The summed E-state index contributed by atoms with van der Waals surface area (Å²) in [7, 11) is 1.55. The van der Waals surface area contributed by atoms with Crippen LogP contribution in [0.4, 0.5) is 5.69 Å². The van der Waals surface area contributed by atoms with E-state index in [1.165, 1.54) is 0 Å². The molecule has 1 amide bonds. The first-order valence-electron chi connectivity index (χ1n) is 8.19. The molecule has 0 bridgehead atoms. The molecular formula is C20H18N2O3. The first-order chi connectivity index (χ1) is 12.1. The molecule has 0 radical (unpaired) electrons. The Balaban J connectivity index is 1.79. The predicted octanol–water partition coefficient (Wildman–Crippen LogP) is 3.13. The van der Waals surface area contributed by atoms with Gasteiger partial charge in [-0.25, -0.2) is 0 Å². The minimum absolute atomic E-state index is 0.148. The average Bonchev–Trinajstić information content (AvgIpc) is 3.02. The number of nitrogens with zero attached hydrogens (tertiary/aromatic N) is 1. The van der Waals surface area contributed by atoms with Gasteiger partial charge in [-0.2, -0.15) is 0 Å². The van der Waals surface area contributed by atoms with E-state index in [2.05, 4.69) is 5.32 Å². The fraction of sp³-hybridized carbons (Fsp3) is 0.200. The summed E-state index contributed by atoms with van der Waals surface area (Å²) in [5.41, 5.74) is 3.56. The van der Waals surface area contributed by atoms with Crippen LogP contribution in [-0.4, -0.2) is 17.6 Å². The van der Waals surface area contributed by atoms with Gasteiger partial charge in [0, 0.05) is 18.1 Å². The second-order valence-corrected chi connectivity index (χ2v) is 6.29. The lowest BCUT2D eigenvalue weighted by Gasteiger charge is -2.12. The molecule has 2 aromatic carbocycles. The summed E-state index contributed by atoms with van der Waals surface area (Å²) in [5, 5.41) is 3.41. The van der Waals surface area contributed by atoms with Crippen LogP contribution in [0.25, 0.3) is 10.9 Å². The smallest absolute Gasteiger partial charge is 0.261 e. The summed E-state index contributed by atoms with van der Waals surface area (Å²) in [5.74, 6) is 0.142. The van der Waals surface area contributed by atoms with Gasteiger partial charge in [0.25, 0.3) is 5.91 Å². The van der Waals surface area contributed by atoms with Crippen LogP contribution in [-0.2, 0) is 13.0 Å². The largest absolute Gasteiger partial charge is 0.495 e. The van der Waals surface area contributed by atoms with Gasteiger partial charge in [0.2, 0.25) is 5.43 Å². The molecule has 25 heavy (non-hydrogen) atoms. The lowest BCUT2D eigenvalue weighted by molar-refractivity contribution is 0.102. The molecule has 2 heterocycles. The first-order valence-corrected chi connectivity index (χ1v) is 8.19. The molecule has 0 spiro atoms. The molecule has 1 aliphatic rings. The van der Waals surface area contributed by atoms with Gasteiger partial charge in [-0.3, -0.25) is 9.59 Å². The monoisotopic (exact) mass is 334 g/mol. The second kappa shape index (κ2) is 5.77. The summed E-state index contributed by atoms with van der Waals surface area (Å²) >= 11 is 0. The van der Waals surface area contributed by atoms with Crippen LogP contribution in [0.1, 0.15) is 21.5 Å². The van der Waals surface area contributed by atoms with Crippen molar-refractivity contribution in [2.45, 2.75) is 19.9 Å². The maximum absolute atomic E-state index is 12.8. The van der Waals surface area contributed by atoms with E-state index in [1.807, 2.05) is 35.8 Å². The number of anilines is 1. The van der Waals surface area contributed by atoms with Crippen molar-refractivity contribution in [3.05, 3.63) is 69.5 Å². The fourth-order valence-electron chi connectivity index (χ4n) is 3.43. The van der Waals surface area contributed by atoms with Crippen LogP contribution in [0.2, 0.25) is 0 Å². The van der Waals surface area contributed by atoms with Gasteiger partial charge in [-0.1, -0.05) is 18.2 Å². The van der Waals surface area contributed by atoms with Crippen LogP contribution in [0.15, 0.2) is 47.4 Å². The Morgan fingerprint density at radius 3 is 2.88 bits per heavy atom. The SMILES string of the molecule is COc1ccc(C)cc1NC(=O)c1cn2c3c(cccc3c1=O)CC2. The Kier molecular flexibility index (Phi) is 3.57. The van der Waals surface area contributed by atoms with Crippen LogP contribution in [0.5, 0.6) is 5.75 Å². The van der Waals surface area contributed by atoms with Crippen molar-refractivity contribution < 1.29 is 9.53 Å². The number of hydrogen-bond acceptors (Lipinski definition) is 3. The zero-order chi connectivity index (χ0) is 17.6. The molecule has 5 heteroatoms. The van der Waals surface area contributed by atoms with Gasteiger partial charge in [0.05, 0.1) is 18.3 Å². The minimum atomic E-state index is -0.420. The lowest BCUT2D eigenvalue weighted by Crippen LogP contribution is -2.23. The van der Waals surface area contributed by atoms with E-state index in [4.69, 9.17) is 4.74 Å². The van der Waals surface area contributed by atoms with Crippen LogP contribution in [0.3, 0.4) is 0 Å². The van der Waals surface area contributed by atoms with Crippen molar-refractivity contribution >= 4 is 22.5 Å². The zero-order valence-corrected chi connectivity index (χ0v) is 14.1. The van der Waals surface area contributed by atoms with Crippen molar-refractivity contribution in [3.8, 4) is 5.75 Å². The number of hydrogen-bond donors (Lipinski definition) is 1. The average molecular weight is 334 g/mol. The lowest BCUT2D eigenvalue weighted by atomic mass is 10.1. The maximum atomic E-state index is 12.8. The number of pyridine rings is 1. The molecule has 3 aromatic rings. The topological polar surface area (TPSA) is 60.3 Å². The molecule has 0 fully saturated rings. The highest BCUT2D eigenvalue weighted by Gasteiger charge is 2.21. The molecular weight excluding hydrogens is 316 g/mol. The maximum Gasteiger partial charge on any atom is 0.261 e. The Morgan fingerprint density at radius 2 is 2.08 bits per heavy atom. The van der Waals surface area contributed by atoms with Crippen molar-refractivity contribution in [2.24, 2.45) is 0 Å². The van der Waals surface area contributed by atoms with Crippen molar-refractivity contribution in [3.63, 3.8) is 0 Å². The molecule has 0 unspecified atom stereocenters. The van der Waals surface area contributed by atoms with Crippen LogP contribution in [0, 0.1) is 6.92 Å². The molecule has 0 saturated carbocycles.